The summed E-state index contributed by atoms with van der Waals surface area (Å²) in [7, 11) is 0. The van der Waals surface area contributed by atoms with Crippen LogP contribution in [0.1, 0.15) is 17.2 Å². The fraction of sp³-hybridized carbons (Fsp3) is 0.0625. The summed E-state index contributed by atoms with van der Waals surface area (Å²) < 4.78 is 16.7. The van der Waals surface area contributed by atoms with Crippen molar-refractivity contribution in [2.75, 3.05) is 5.32 Å². The smallest absolute Gasteiger partial charge is 0.248 e. The molecule has 0 unspecified atom stereocenters. The zero-order valence-corrected chi connectivity index (χ0v) is 14.5. The molecule has 0 amide bonds. The van der Waals surface area contributed by atoms with E-state index in [1.807, 2.05) is 18.2 Å². The molecule has 0 saturated heterocycles. The molecule has 1 atom stereocenters. The molecular weight excluding hydrogens is 397 g/mol. The molecule has 2 heterocycles. The highest BCUT2D eigenvalue weighted by Crippen LogP contribution is 2.34. The first-order valence-corrected chi connectivity index (χ1v) is 8.26. The SMILES string of the molecule is Fc1ccc(Br)cc1[C@@H]1C=C(c2ccc(Cl)cc2)Nc2nnnn21. The molecule has 0 spiro atoms. The fourth-order valence-electron chi connectivity index (χ4n) is 2.61. The molecule has 8 heteroatoms. The molecule has 0 aliphatic carbocycles. The van der Waals surface area contributed by atoms with E-state index in [0.717, 1.165) is 15.7 Å². The van der Waals surface area contributed by atoms with E-state index in [0.29, 0.717) is 16.5 Å². The van der Waals surface area contributed by atoms with Gasteiger partial charge in [-0.3, -0.25) is 0 Å². The van der Waals surface area contributed by atoms with Gasteiger partial charge in [0.1, 0.15) is 11.9 Å². The maximum absolute atomic E-state index is 14.4. The zero-order chi connectivity index (χ0) is 16.7. The molecule has 3 aromatic rings. The van der Waals surface area contributed by atoms with E-state index < -0.39 is 6.04 Å². The lowest BCUT2D eigenvalue weighted by molar-refractivity contribution is 0.539. The van der Waals surface area contributed by atoms with Crippen LogP contribution in [-0.4, -0.2) is 20.2 Å². The predicted octanol–water partition coefficient (Wildman–Crippen LogP) is 4.28. The fourth-order valence-corrected chi connectivity index (χ4v) is 3.12. The minimum absolute atomic E-state index is 0.321. The van der Waals surface area contributed by atoms with Crippen LogP contribution in [0.2, 0.25) is 5.02 Å². The molecular formula is C16H10BrClFN5. The lowest BCUT2D eigenvalue weighted by Crippen LogP contribution is -2.21. The number of hydrogen-bond donors (Lipinski definition) is 1. The van der Waals surface area contributed by atoms with Gasteiger partial charge in [0.2, 0.25) is 5.95 Å². The average Bonchev–Trinajstić information content (AvgIpc) is 3.05. The first-order valence-electron chi connectivity index (χ1n) is 7.09. The number of halogens is 3. The molecule has 4 rings (SSSR count). The van der Waals surface area contributed by atoms with Gasteiger partial charge in [-0.15, -0.1) is 0 Å². The first-order chi connectivity index (χ1) is 11.6. The van der Waals surface area contributed by atoms with E-state index in [1.54, 1.807) is 28.9 Å². The van der Waals surface area contributed by atoms with Crippen LogP contribution in [0.5, 0.6) is 0 Å². The van der Waals surface area contributed by atoms with E-state index in [9.17, 15) is 4.39 Å². The minimum Gasteiger partial charge on any atom is -0.323 e. The van der Waals surface area contributed by atoms with Crippen LogP contribution < -0.4 is 5.32 Å². The third-order valence-corrected chi connectivity index (χ3v) is 4.50. The third kappa shape index (κ3) is 2.70. The highest BCUT2D eigenvalue weighted by Gasteiger charge is 2.26. The van der Waals surface area contributed by atoms with E-state index in [2.05, 4.69) is 36.8 Å². The van der Waals surface area contributed by atoms with Gasteiger partial charge in [-0.2, -0.15) is 4.68 Å². The molecule has 1 aliphatic rings. The summed E-state index contributed by atoms with van der Waals surface area (Å²) in [5.74, 6) is 0.130. The predicted molar refractivity (Wildman–Crippen MR) is 93.1 cm³/mol. The number of tetrazole rings is 1. The van der Waals surface area contributed by atoms with Crippen LogP contribution >= 0.6 is 27.5 Å². The summed E-state index contributed by atoms with van der Waals surface area (Å²) in [5.41, 5.74) is 2.18. The number of benzene rings is 2. The average molecular weight is 407 g/mol. The van der Waals surface area contributed by atoms with Crippen molar-refractivity contribution in [2.24, 2.45) is 0 Å². The van der Waals surface area contributed by atoms with Crippen LogP contribution in [0.25, 0.3) is 5.70 Å². The Hall–Kier alpha value is -2.25. The number of rotatable bonds is 2. The number of fused-ring (bicyclic) bond motifs is 1. The van der Waals surface area contributed by atoms with Crippen molar-refractivity contribution in [3.05, 3.63) is 75.0 Å². The van der Waals surface area contributed by atoms with Crippen molar-refractivity contribution in [1.29, 1.82) is 0 Å². The van der Waals surface area contributed by atoms with E-state index in [1.165, 1.54) is 6.07 Å². The molecule has 1 aromatic heterocycles. The summed E-state index contributed by atoms with van der Waals surface area (Å²) in [6.07, 6.45) is 1.89. The highest BCUT2D eigenvalue weighted by molar-refractivity contribution is 9.10. The first kappa shape index (κ1) is 15.3. The van der Waals surface area contributed by atoms with Gasteiger partial charge in [0.15, 0.2) is 0 Å². The Kier molecular flexibility index (Phi) is 3.82. The largest absolute Gasteiger partial charge is 0.323 e. The second-order valence-corrected chi connectivity index (χ2v) is 6.62. The van der Waals surface area contributed by atoms with Crippen molar-refractivity contribution >= 4 is 39.2 Å². The number of anilines is 1. The van der Waals surface area contributed by atoms with Crippen LogP contribution in [0, 0.1) is 5.82 Å². The van der Waals surface area contributed by atoms with Gasteiger partial charge >= 0.3 is 0 Å². The summed E-state index contributed by atoms with van der Waals surface area (Å²) in [4.78, 5) is 0. The van der Waals surface area contributed by atoms with Crippen molar-refractivity contribution in [3.63, 3.8) is 0 Å². The standard InChI is InChI=1S/C16H10BrClFN5/c17-10-3-6-13(19)12(7-10)15-8-14(9-1-4-11(18)5-2-9)20-16-21-22-23-24(15)16/h1-8,15H,(H,20,21,23)/t15-/m0/s1. The molecule has 2 aromatic carbocycles. The monoisotopic (exact) mass is 405 g/mol. The van der Waals surface area contributed by atoms with E-state index >= 15 is 0 Å². The van der Waals surface area contributed by atoms with E-state index in [-0.39, 0.29) is 5.82 Å². The number of hydrogen-bond acceptors (Lipinski definition) is 4. The second-order valence-electron chi connectivity index (χ2n) is 5.27. The van der Waals surface area contributed by atoms with Gasteiger partial charge in [-0.05, 0) is 52.4 Å². The topological polar surface area (TPSA) is 55.6 Å². The summed E-state index contributed by atoms with van der Waals surface area (Å²) in [6, 6.07) is 11.7. The molecule has 1 aliphatic heterocycles. The highest BCUT2D eigenvalue weighted by atomic mass is 79.9. The number of aromatic nitrogens is 4. The third-order valence-electron chi connectivity index (χ3n) is 3.76. The van der Waals surface area contributed by atoms with Crippen molar-refractivity contribution in [1.82, 2.24) is 20.2 Å². The van der Waals surface area contributed by atoms with Gasteiger partial charge in [-0.25, -0.2) is 4.39 Å². The van der Waals surface area contributed by atoms with Gasteiger partial charge in [0.05, 0.1) is 0 Å². The molecule has 0 bridgehead atoms. The Morgan fingerprint density at radius 1 is 1.17 bits per heavy atom. The Morgan fingerprint density at radius 2 is 1.96 bits per heavy atom. The quantitative estimate of drug-likeness (QED) is 0.690. The summed E-state index contributed by atoms with van der Waals surface area (Å²) in [6.45, 7) is 0. The van der Waals surface area contributed by atoms with Crippen LogP contribution in [0.3, 0.4) is 0 Å². The lowest BCUT2D eigenvalue weighted by atomic mass is 10.0. The Bertz CT molecular complexity index is 938. The van der Waals surface area contributed by atoms with E-state index in [4.69, 9.17) is 11.6 Å². The van der Waals surface area contributed by atoms with Crippen LogP contribution in [-0.2, 0) is 0 Å². The van der Waals surface area contributed by atoms with Crippen molar-refractivity contribution in [2.45, 2.75) is 6.04 Å². The lowest BCUT2D eigenvalue weighted by Gasteiger charge is -2.24. The number of nitrogens with one attached hydrogen (secondary N) is 1. The minimum atomic E-state index is -0.459. The zero-order valence-electron chi connectivity index (χ0n) is 12.1. The van der Waals surface area contributed by atoms with Gasteiger partial charge in [-0.1, -0.05) is 44.8 Å². The molecule has 1 N–H and O–H groups in total. The molecule has 24 heavy (non-hydrogen) atoms. The number of nitrogens with zero attached hydrogens (tertiary/aromatic N) is 4. The Morgan fingerprint density at radius 3 is 2.75 bits per heavy atom. The maximum atomic E-state index is 14.4. The Balaban J connectivity index is 1.85. The second kappa shape index (κ2) is 5.99. The van der Waals surface area contributed by atoms with Gasteiger partial charge < -0.3 is 5.32 Å². The Labute approximate surface area is 150 Å². The summed E-state index contributed by atoms with van der Waals surface area (Å²) >= 11 is 9.33. The molecule has 120 valence electrons. The van der Waals surface area contributed by atoms with Crippen molar-refractivity contribution in [3.8, 4) is 0 Å². The van der Waals surface area contributed by atoms with Gasteiger partial charge in [0, 0.05) is 20.8 Å². The number of allylic oxidation sites excluding steroid dienone is 1. The van der Waals surface area contributed by atoms with Gasteiger partial charge in [0.25, 0.3) is 0 Å². The normalized spacial score (nSPS) is 16.3. The molecule has 5 nitrogen and oxygen atoms in total. The van der Waals surface area contributed by atoms with Crippen LogP contribution in [0.4, 0.5) is 10.3 Å². The molecule has 0 saturated carbocycles. The van der Waals surface area contributed by atoms with Crippen molar-refractivity contribution < 1.29 is 4.39 Å². The molecule has 0 radical (unpaired) electrons. The molecule has 0 fully saturated rings. The summed E-state index contributed by atoms with van der Waals surface area (Å²) in [5, 5.41) is 15.4. The van der Waals surface area contributed by atoms with Crippen LogP contribution in [0.15, 0.2) is 53.0 Å². The maximum Gasteiger partial charge on any atom is 0.248 e.